The van der Waals surface area contributed by atoms with Crippen LogP contribution in [0.4, 0.5) is 11.6 Å². The van der Waals surface area contributed by atoms with E-state index >= 15 is 0 Å². The van der Waals surface area contributed by atoms with Gasteiger partial charge in [0, 0.05) is 55.3 Å². The second-order valence-corrected chi connectivity index (χ2v) is 9.15. The third-order valence-corrected chi connectivity index (χ3v) is 6.55. The minimum absolute atomic E-state index is 0.109. The number of anilines is 2. The third kappa shape index (κ3) is 6.06. The molecule has 11 nitrogen and oxygen atoms in total. The minimum atomic E-state index is -0.400. The van der Waals surface area contributed by atoms with Crippen LogP contribution in [0.3, 0.4) is 0 Å². The number of carbonyl (C=O) groups excluding carboxylic acids is 1. The Morgan fingerprint density at radius 3 is 2.38 bits per heavy atom. The Hall–Kier alpha value is -3.93. The van der Waals surface area contributed by atoms with Crippen molar-refractivity contribution in [2.75, 3.05) is 38.0 Å². The van der Waals surface area contributed by atoms with Gasteiger partial charge in [-0.05, 0) is 18.2 Å². The van der Waals surface area contributed by atoms with E-state index in [1.54, 1.807) is 36.7 Å². The van der Waals surface area contributed by atoms with Crippen LogP contribution < -0.4 is 25.7 Å². The van der Waals surface area contributed by atoms with Gasteiger partial charge in [0.05, 0.1) is 48.3 Å². The van der Waals surface area contributed by atoms with Gasteiger partial charge in [-0.2, -0.15) is 4.98 Å². The maximum Gasteiger partial charge on any atom is 0.260 e. The van der Waals surface area contributed by atoms with Crippen molar-refractivity contribution in [1.29, 1.82) is 0 Å². The fourth-order valence-electron chi connectivity index (χ4n) is 4.00. The predicted molar refractivity (Wildman–Crippen MR) is 150 cm³/mol. The maximum atomic E-state index is 14.0. The Labute approximate surface area is 233 Å². The molecule has 204 valence electrons. The lowest BCUT2D eigenvalue weighted by atomic mass is 10.0. The Balaban J connectivity index is 1.86. The number of carbonyl (C=O) groups is 1. The third-order valence-electron chi connectivity index (χ3n) is 5.80. The first-order chi connectivity index (χ1) is 18.8. The van der Waals surface area contributed by atoms with Gasteiger partial charge >= 0.3 is 0 Å². The van der Waals surface area contributed by atoms with Gasteiger partial charge in [0.25, 0.3) is 5.56 Å². The molecule has 0 saturated carbocycles. The molecule has 0 aliphatic rings. The van der Waals surface area contributed by atoms with E-state index in [0.29, 0.717) is 40.3 Å². The summed E-state index contributed by atoms with van der Waals surface area (Å²) in [5.41, 5.74) is 1.71. The van der Waals surface area contributed by atoms with Gasteiger partial charge in [0.2, 0.25) is 11.9 Å². The summed E-state index contributed by atoms with van der Waals surface area (Å²) in [6.07, 6.45) is 3.50. The average molecular weight is 573 g/mol. The highest BCUT2D eigenvalue weighted by molar-refractivity contribution is 6.41. The van der Waals surface area contributed by atoms with Gasteiger partial charge in [-0.15, -0.1) is 0 Å². The summed E-state index contributed by atoms with van der Waals surface area (Å²) >= 11 is 13.3. The van der Waals surface area contributed by atoms with Crippen LogP contribution in [0.5, 0.6) is 11.5 Å². The average Bonchev–Trinajstić information content (AvgIpc) is 2.92. The van der Waals surface area contributed by atoms with Gasteiger partial charge in [0.1, 0.15) is 17.1 Å². The summed E-state index contributed by atoms with van der Waals surface area (Å²) in [5, 5.41) is 15.6. The zero-order valence-corrected chi connectivity index (χ0v) is 22.9. The summed E-state index contributed by atoms with van der Waals surface area (Å²) in [5.74, 6) is 0.648. The number of methoxy groups -OCH3 is 2. The van der Waals surface area contributed by atoms with Crippen LogP contribution in [0.1, 0.15) is 12.6 Å². The largest absolute Gasteiger partial charge is 0.495 e. The molecule has 4 rings (SSSR count). The first-order valence-electron chi connectivity index (χ1n) is 11.9. The summed E-state index contributed by atoms with van der Waals surface area (Å²) in [4.78, 5) is 38.5. The number of halogens is 2. The van der Waals surface area contributed by atoms with Crippen molar-refractivity contribution in [2.45, 2.75) is 19.9 Å². The van der Waals surface area contributed by atoms with E-state index in [1.165, 1.54) is 25.7 Å². The van der Waals surface area contributed by atoms with Crippen molar-refractivity contribution in [2.24, 2.45) is 0 Å². The molecular formula is C26H26Cl2N6O5. The van der Waals surface area contributed by atoms with Crippen LogP contribution in [0.2, 0.25) is 10.0 Å². The van der Waals surface area contributed by atoms with Crippen LogP contribution in [0, 0.1) is 0 Å². The molecular weight excluding hydrogens is 547 g/mol. The van der Waals surface area contributed by atoms with Crippen molar-refractivity contribution in [1.82, 2.24) is 19.5 Å². The molecule has 0 radical (unpaired) electrons. The molecule has 1 aromatic carbocycles. The lowest BCUT2D eigenvalue weighted by Crippen LogP contribution is -2.25. The number of nitrogens with zero attached hydrogens (tertiary/aromatic N) is 4. The van der Waals surface area contributed by atoms with Gasteiger partial charge in [-0.25, -0.2) is 4.98 Å². The summed E-state index contributed by atoms with van der Waals surface area (Å²) in [7, 11) is 2.91. The number of ether oxygens (including phenoxy) is 2. The molecule has 1 amide bonds. The van der Waals surface area contributed by atoms with Crippen molar-refractivity contribution in [3.8, 4) is 22.6 Å². The van der Waals surface area contributed by atoms with Crippen LogP contribution in [-0.2, 0) is 17.8 Å². The molecule has 4 aromatic rings. The first-order valence-corrected chi connectivity index (χ1v) is 12.6. The van der Waals surface area contributed by atoms with Crippen LogP contribution in [0.15, 0.2) is 41.5 Å². The predicted octanol–water partition coefficient (Wildman–Crippen LogP) is 3.78. The highest BCUT2D eigenvalue weighted by Crippen LogP contribution is 2.45. The summed E-state index contributed by atoms with van der Waals surface area (Å²) in [6.45, 7) is 1.76. The Morgan fingerprint density at radius 1 is 1.08 bits per heavy atom. The Morgan fingerprint density at radius 2 is 1.79 bits per heavy atom. The summed E-state index contributed by atoms with van der Waals surface area (Å²) < 4.78 is 12.3. The number of rotatable bonds is 10. The lowest BCUT2D eigenvalue weighted by Gasteiger charge is -2.17. The van der Waals surface area contributed by atoms with Crippen LogP contribution >= 0.6 is 23.2 Å². The van der Waals surface area contributed by atoms with Gasteiger partial charge in [0.15, 0.2) is 0 Å². The number of nitrogens with one attached hydrogen (secondary N) is 2. The zero-order chi connectivity index (χ0) is 28.1. The number of aliphatic hydroxyl groups excluding tert-OH is 1. The highest BCUT2D eigenvalue weighted by atomic mass is 35.5. The first kappa shape index (κ1) is 28.1. The molecule has 3 heterocycles. The smallest absolute Gasteiger partial charge is 0.260 e. The molecule has 0 spiro atoms. The van der Waals surface area contributed by atoms with Gasteiger partial charge < -0.3 is 25.2 Å². The number of hydrogen-bond donors (Lipinski definition) is 3. The number of benzene rings is 1. The fourth-order valence-corrected chi connectivity index (χ4v) is 4.70. The quantitative estimate of drug-likeness (QED) is 0.259. The maximum absolute atomic E-state index is 14.0. The van der Waals surface area contributed by atoms with E-state index in [-0.39, 0.29) is 52.7 Å². The molecule has 0 aliphatic carbocycles. The van der Waals surface area contributed by atoms with Crippen LogP contribution in [0.25, 0.3) is 22.2 Å². The second kappa shape index (κ2) is 12.3. The van der Waals surface area contributed by atoms with E-state index in [0.717, 1.165) is 0 Å². The van der Waals surface area contributed by atoms with Crippen molar-refractivity contribution < 1.29 is 19.4 Å². The van der Waals surface area contributed by atoms with E-state index < -0.39 is 5.56 Å². The number of hydrogen-bond acceptors (Lipinski definition) is 9. The van der Waals surface area contributed by atoms with Crippen molar-refractivity contribution in [3.05, 3.63) is 62.8 Å². The molecule has 3 aromatic heterocycles. The number of amides is 1. The number of pyridine rings is 2. The molecule has 0 saturated heterocycles. The monoisotopic (exact) mass is 572 g/mol. The van der Waals surface area contributed by atoms with E-state index in [2.05, 4.69) is 25.6 Å². The number of fused-ring (bicyclic) bond motifs is 1. The normalized spacial score (nSPS) is 10.9. The Kier molecular flexibility index (Phi) is 8.85. The zero-order valence-electron chi connectivity index (χ0n) is 21.4. The molecule has 13 heteroatoms. The molecule has 39 heavy (non-hydrogen) atoms. The highest BCUT2D eigenvalue weighted by Gasteiger charge is 2.23. The Bertz CT molecular complexity index is 1550. The molecule has 0 unspecified atom stereocenters. The molecule has 0 aliphatic heterocycles. The molecule has 0 fully saturated rings. The van der Waals surface area contributed by atoms with E-state index in [4.69, 9.17) is 37.8 Å². The van der Waals surface area contributed by atoms with E-state index in [9.17, 15) is 9.59 Å². The number of aliphatic hydroxyl groups is 1. The molecule has 0 bridgehead atoms. The standard InChI is InChI=1S/C26H26Cl2N6O5/c1-14(36)32-17-5-4-16(30-13-17)6-8-34-24-15(12-31-26(33-24)29-7-9-35)10-18(25(34)37)21-22(27)19(38-2)11-20(39-3)23(21)28/h4-5,10-13,35H,6-9H2,1-3H3,(H,32,36)(H,29,31,33). The van der Waals surface area contributed by atoms with Gasteiger partial charge in [-0.3, -0.25) is 19.1 Å². The van der Waals surface area contributed by atoms with E-state index in [1.807, 2.05) is 0 Å². The van der Waals surface area contributed by atoms with Crippen LogP contribution in [-0.4, -0.2) is 57.9 Å². The molecule has 3 N–H and O–H groups in total. The van der Waals surface area contributed by atoms with Gasteiger partial charge in [-0.1, -0.05) is 23.2 Å². The lowest BCUT2D eigenvalue weighted by molar-refractivity contribution is -0.114. The minimum Gasteiger partial charge on any atom is -0.495 e. The number of aryl methyl sites for hydroxylation is 2. The number of aromatic nitrogens is 4. The molecule has 0 atom stereocenters. The second-order valence-electron chi connectivity index (χ2n) is 8.39. The van der Waals surface area contributed by atoms with Crippen molar-refractivity contribution >= 4 is 51.8 Å². The summed E-state index contributed by atoms with van der Waals surface area (Å²) in [6, 6.07) is 6.68. The SMILES string of the molecule is COc1cc(OC)c(Cl)c(-c2cc3cnc(NCCO)nc3n(CCc3ccc(NC(C)=O)cn3)c2=O)c1Cl. The van der Waals surface area contributed by atoms with Crippen molar-refractivity contribution in [3.63, 3.8) is 0 Å². The topological polar surface area (TPSA) is 140 Å². The fraction of sp³-hybridized carbons (Fsp3) is 0.269.